The molecule has 0 aliphatic heterocycles. The van der Waals surface area contributed by atoms with Gasteiger partial charge in [-0.05, 0) is 18.2 Å². The van der Waals surface area contributed by atoms with Gasteiger partial charge in [-0.15, -0.1) is 0 Å². The molecule has 0 aliphatic rings. The van der Waals surface area contributed by atoms with Gasteiger partial charge in [0, 0.05) is 30.9 Å². The van der Waals surface area contributed by atoms with Gasteiger partial charge in [0.05, 0.1) is 13.2 Å². The van der Waals surface area contributed by atoms with Gasteiger partial charge in [-0.25, -0.2) is 0 Å². The van der Waals surface area contributed by atoms with Gasteiger partial charge in [0.25, 0.3) is 5.91 Å². The minimum absolute atomic E-state index is 0.138. The lowest BCUT2D eigenvalue weighted by Crippen LogP contribution is -2.32. The summed E-state index contributed by atoms with van der Waals surface area (Å²) in [5.41, 5.74) is 1.10. The monoisotopic (exact) mass is 293 g/mol. The minimum atomic E-state index is -0.191. The maximum Gasteiger partial charge on any atom is 0.251 e. The van der Waals surface area contributed by atoms with Crippen LogP contribution in [0.15, 0.2) is 24.3 Å². The van der Waals surface area contributed by atoms with E-state index in [9.17, 15) is 9.59 Å². The van der Waals surface area contributed by atoms with Crippen LogP contribution in [0.3, 0.4) is 0 Å². The molecule has 6 nitrogen and oxygen atoms in total. The van der Waals surface area contributed by atoms with Crippen LogP contribution in [0.1, 0.15) is 24.2 Å². The summed E-state index contributed by atoms with van der Waals surface area (Å²) in [6.45, 7) is 5.09. The van der Waals surface area contributed by atoms with E-state index >= 15 is 0 Å². The molecule has 1 rings (SSSR count). The largest absolute Gasteiger partial charge is 0.383 e. The van der Waals surface area contributed by atoms with Crippen LogP contribution in [0.25, 0.3) is 0 Å². The number of ether oxygens (including phenoxy) is 1. The molecule has 0 aromatic heterocycles. The van der Waals surface area contributed by atoms with E-state index in [2.05, 4.69) is 16.0 Å². The molecular formula is C15H23N3O3. The molecule has 0 unspecified atom stereocenters. The van der Waals surface area contributed by atoms with E-state index in [1.54, 1.807) is 31.4 Å². The first-order valence-electron chi connectivity index (χ1n) is 6.93. The highest BCUT2D eigenvalue weighted by Crippen LogP contribution is 2.10. The highest BCUT2D eigenvalue weighted by atomic mass is 16.5. The average Bonchev–Trinajstić information content (AvgIpc) is 2.45. The molecule has 0 heterocycles. The van der Waals surface area contributed by atoms with Crippen LogP contribution in [0.5, 0.6) is 0 Å². The zero-order valence-corrected chi connectivity index (χ0v) is 12.7. The van der Waals surface area contributed by atoms with E-state index in [0.717, 1.165) is 0 Å². The van der Waals surface area contributed by atoms with Gasteiger partial charge in [0.2, 0.25) is 5.91 Å². The zero-order chi connectivity index (χ0) is 15.7. The molecule has 0 radical (unpaired) electrons. The second kappa shape index (κ2) is 9.10. The van der Waals surface area contributed by atoms with Crippen LogP contribution in [0, 0.1) is 0 Å². The SMILES string of the molecule is COCCNC(=O)c1cccc(NC(=O)CNC(C)C)c1. The fourth-order valence-corrected chi connectivity index (χ4v) is 1.61. The molecule has 0 atom stereocenters. The van der Waals surface area contributed by atoms with Crippen LogP contribution in [0.4, 0.5) is 5.69 Å². The van der Waals surface area contributed by atoms with Crippen molar-refractivity contribution < 1.29 is 14.3 Å². The normalized spacial score (nSPS) is 10.5. The van der Waals surface area contributed by atoms with Crippen LogP contribution < -0.4 is 16.0 Å². The van der Waals surface area contributed by atoms with Gasteiger partial charge >= 0.3 is 0 Å². The predicted octanol–water partition coefficient (Wildman–Crippen LogP) is 0.999. The molecule has 1 aromatic carbocycles. The molecule has 0 saturated carbocycles. The van der Waals surface area contributed by atoms with Gasteiger partial charge in [-0.1, -0.05) is 19.9 Å². The number of hydrogen-bond donors (Lipinski definition) is 3. The molecule has 6 heteroatoms. The van der Waals surface area contributed by atoms with Gasteiger partial charge in [0.15, 0.2) is 0 Å². The van der Waals surface area contributed by atoms with Crippen molar-refractivity contribution in [3.63, 3.8) is 0 Å². The number of rotatable bonds is 8. The number of nitrogens with one attached hydrogen (secondary N) is 3. The first kappa shape index (κ1) is 17.1. The maximum absolute atomic E-state index is 11.9. The Balaban J connectivity index is 2.55. The third-order valence-electron chi connectivity index (χ3n) is 2.67. The number of anilines is 1. The van der Waals surface area contributed by atoms with E-state index in [0.29, 0.717) is 24.4 Å². The third-order valence-corrected chi connectivity index (χ3v) is 2.67. The van der Waals surface area contributed by atoms with E-state index in [1.165, 1.54) is 0 Å². The molecule has 3 N–H and O–H groups in total. The summed E-state index contributed by atoms with van der Waals surface area (Å²) in [4.78, 5) is 23.6. The Morgan fingerprint density at radius 1 is 1.29 bits per heavy atom. The van der Waals surface area contributed by atoms with E-state index < -0.39 is 0 Å². The molecule has 0 spiro atoms. The second-order valence-corrected chi connectivity index (χ2v) is 4.91. The van der Waals surface area contributed by atoms with Crippen molar-refractivity contribution in [1.82, 2.24) is 10.6 Å². The standard InChI is InChI=1S/C15H23N3O3/c1-11(2)17-10-14(19)18-13-6-4-5-12(9-13)15(20)16-7-8-21-3/h4-6,9,11,17H,7-8,10H2,1-3H3,(H,16,20)(H,18,19). The first-order valence-corrected chi connectivity index (χ1v) is 6.93. The predicted molar refractivity (Wildman–Crippen MR) is 82.4 cm³/mol. The van der Waals surface area contributed by atoms with Crippen molar-refractivity contribution in [2.24, 2.45) is 0 Å². The molecule has 21 heavy (non-hydrogen) atoms. The van der Waals surface area contributed by atoms with Gasteiger partial charge in [0.1, 0.15) is 0 Å². The summed E-state index contributed by atoms with van der Waals surface area (Å²) < 4.78 is 4.87. The van der Waals surface area contributed by atoms with Crippen molar-refractivity contribution in [3.8, 4) is 0 Å². The van der Waals surface area contributed by atoms with Gasteiger partial charge in [-0.3, -0.25) is 9.59 Å². The zero-order valence-electron chi connectivity index (χ0n) is 12.7. The van der Waals surface area contributed by atoms with Crippen LogP contribution in [-0.4, -0.2) is 44.7 Å². The molecule has 0 saturated heterocycles. The van der Waals surface area contributed by atoms with Crippen molar-refractivity contribution >= 4 is 17.5 Å². The van der Waals surface area contributed by atoms with Gasteiger partial charge in [-0.2, -0.15) is 0 Å². The van der Waals surface area contributed by atoms with E-state index in [1.807, 2.05) is 13.8 Å². The summed E-state index contributed by atoms with van der Waals surface area (Å²) in [6.07, 6.45) is 0. The summed E-state index contributed by atoms with van der Waals surface area (Å²) in [7, 11) is 1.58. The molecule has 0 aliphatic carbocycles. The number of amides is 2. The lowest BCUT2D eigenvalue weighted by molar-refractivity contribution is -0.115. The lowest BCUT2D eigenvalue weighted by atomic mass is 10.2. The van der Waals surface area contributed by atoms with Crippen LogP contribution in [0.2, 0.25) is 0 Å². The fraction of sp³-hybridized carbons (Fsp3) is 0.467. The maximum atomic E-state index is 11.9. The Kier molecular flexibility index (Phi) is 7.42. The van der Waals surface area contributed by atoms with Crippen molar-refractivity contribution in [1.29, 1.82) is 0 Å². The Labute approximate surface area is 125 Å². The highest BCUT2D eigenvalue weighted by Gasteiger charge is 2.07. The van der Waals surface area contributed by atoms with Gasteiger partial charge < -0.3 is 20.7 Å². The Bertz CT molecular complexity index is 475. The summed E-state index contributed by atoms with van der Waals surface area (Å²) in [6, 6.07) is 7.07. The van der Waals surface area contributed by atoms with Crippen LogP contribution in [-0.2, 0) is 9.53 Å². The molecule has 1 aromatic rings. The smallest absolute Gasteiger partial charge is 0.251 e. The third kappa shape index (κ3) is 6.87. The van der Waals surface area contributed by atoms with Crippen molar-refractivity contribution in [2.75, 3.05) is 32.1 Å². The number of carbonyl (C=O) groups excluding carboxylic acids is 2. The second-order valence-electron chi connectivity index (χ2n) is 4.91. The fourth-order valence-electron chi connectivity index (χ4n) is 1.61. The highest BCUT2D eigenvalue weighted by molar-refractivity contribution is 5.97. The average molecular weight is 293 g/mol. The number of methoxy groups -OCH3 is 1. The number of hydrogen-bond acceptors (Lipinski definition) is 4. The Hall–Kier alpha value is -1.92. The van der Waals surface area contributed by atoms with E-state index in [4.69, 9.17) is 4.74 Å². The quantitative estimate of drug-likeness (QED) is 0.625. The Morgan fingerprint density at radius 3 is 2.71 bits per heavy atom. The topological polar surface area (TPSA) is 79.5 Å². The van der Waals surface area contributed by atoms with Crippen molar-refractivity contribution in [2.45, 2.75) is 19.9 Å². The molecule has 0 bridgehead atoms. The summed E-state index contributed by atoms with van der Waals surface area (Å²) in [5.74, 6) is -0.330. The van der Waals surface area contributed by atoms with Crippen molar-refractivity contribution in [3.05, 3.63) is 29.8 Å². The summed E-state index contributed by atoms with van der Waals surface area (Å²) >= 11 is 0. The lowest BCUT2D eigenvalue weighted by Gasteiger charge is -2.10. The minimum Gasteiger partial charge on any atom is -0.383 e. The molecule has 116 valence electrons. The number of carbonyl (C=O) groups is 2. The molecule has 0 fully saturated rings. The summed E-state index contributed by atoms with van der Waals surface area (Å²) in [5, 5.41) is 8.52. The molecule has 2 amide bonds. The van der Waals surface area contributed by atoms with Crippen LogP contribution >= 0.6 is 0 Å². The Morgan fingerprint density at radius 2 is 2.05 bits per heavy atom. The molecular weight excluding hydrogens is 270 g/mol. The van der Waals surface area contributed by atoms with E-state index in [-0.39, 0.29) is 24.4 Å². The first-order chi connectivity index (χ1) is 10.0. The number of benzene rings is 1.